The van der Waals surface area contributed by atoms with E-state index in [1.165, 1.54) is 0 Å². The van der Waals surface area contributed by atoms with Crippen molar-refractivity contribution in [3.63, 3.8) is 0 Å². The molecule has 0 unspecified atom stereocenters. The van der Waals surface area contributed by atoms with Crippen molar-refractivity contribution < 1.29 is 14.3 Å². The molecule has 5 nitrogen and oxygen atoms in total. The monoisotopic (exact) mass is 352 g/mol. The highest BCUT2D eigenvalue weighted by Crippen LogP contribution is 2.21. The van der Waals surface area contributed by atoms with Crippen molar-refractivity contribution in [2.75, 3.05) is 18.1 Å². The molecule has 0 aliphatic carbocycles. The average molecular weight is 352 g/mol. The largest absolute Gasteiger partial charge is 0.494 e. The quantitative estimate of drug-likeness (QED) is 0.829. The molecule has 0 radical (unpaired) electrons. The maximum atomic E-state index is 12.3. The predicted octanol–water partition coefficient (Wildman–Crippen LogP) is 3.53. The van der Waals surface area contributed by atoms with Crippen LogP contribution < -0.4 is 15.0 Å². The zero-order valence-corrected chi connectivity index (χ0v) is 15.0. The van der Waals surface area contributed by atoms with Gasteiger partial charge in [-0.2, -0.15) is 0 Å². The van der Waals surface area contributed by atoms with E-state index in [0.717, 1.165) is 30.6 Å². The molecule has 2 aromatic rings. The maximum Gasteiger partial charge on any atom is 0.251 e. The molecule has 1 heterocycles. The Bertz CT molecular complexity index is 771. The molecule has 1 N–H and O–H groups in total. The number of ether oxygens (including phenoxy) is 1. The molecule has 0 saturated carbocycles. The van der Waals surface area contributed by atoms with Gasteiger partial charge in [0.2, 0.25) is 5.91 Å². The van der Waals surface area contributed by atoms with Crippen LogP contribution in [0.5, 0.6) is 5.75 Å². The molecule has 1 aliphatic heterocycles. The number of amides is 2. The lowest BCUT2D eigenvalue weighted by Gasteiger charge is -2.16. The zero-order chi connectivity index (χ0) is 18.4. The third-order valence-electron chi connectivity index (χ3n) is 4.34. The first-order valence-corrected chi connectivity index (χ1v) is 9.07. The van der Waals surface area contributed by atoms with E-state index < -0.39 is 0 Å². The second-order valence-corrected chi connectivity index (χ2v) is 6.37. The number of hydrogen-bond acceptors (Lipinski definition) is 3. The van der Waals surface area contributed by atoms with Gasteiger partial charge in [0.15, 0.2) is 0 Å². The van der Waals surface area contributed by atoms with Crippen molar-refractivity contribution in [1.82, 2.24) is 5.32 Å². The molecule has 1 fully saturated rings. The summed E-state index contributed by atoms with van der Waals surface area (Å²) in [5.41, 5.74) is 2.49. The minimum atomic E-state index is -0.134. The third kappa shape index (κ3) is 4.42. The maximum absolute atomic E-state index is 12.3. The van der Waals surface area contributed by atoms with Crippen LogP contribution in [0.1, 0.15) is 42.1 Å². The van der Waals surface area contributed by atoms with Crippen molar-refractivity contribution in [3.8, 4) is 5.75 Å². The van der Waals surface area contributed by atoms with Gasteiger partial charge in [0.1, 0.15) is 5.75 Å². The summed E-state index contributed by atoms with van der Waals surface area (Å²) in [6, 6.07) is 15.0. The van der Waals surface area contributed by atoms with Gasteiger partial charge in [0.25, 0.3) is 5.91 Å². The van der Waals surface area contributed by atoms with E-state index in [-0.39, 0.29) is 11.8 Å². The van der Waals surface area contributed by atoms with Crippen molar-refractivity contribution in [2.24, 2.45) is 0 Å². The number of hydrogen-bond donors (Lipinski definition) is 1. The van der Waals surface area contributed by atoms with E-state index in [0.29, 0.717) is 30.9 Å². The Kier molecular flexibility index (Phi) is 5.89. The average Bonchev–Trinajstić information content (AvgIpc) is 3.11. The van der Waals surface area contributed by atoms with Crippen LogP contribution in [0.25, 0.3) is 0 Å². The topological polar surface area (TPSA) is 58.6 Å². The number of rotatable bonds is 7. The van der Waals surface area contributed by atoms with Gasteiger partial charge in [0, 0.05) is 30.8 Å². The molecule has 0 aromatic heterocycles. The van der Waals surface area contributed by atoms with Gasteiger partial charge in [-0.15, -0.1) is 0 Å². The lowest BCUT2D eigenvalue weighted by Crippen LogP contribution is -2.24. The number of carbonyl (C=O) groups is 2. The number of nitrogens with one attached hydrogen (secondary N) is 1. The fourth-order valence-electron chi connectivity index (χ4n) is 2.95. The van der Waals surface area contributed by atoms with Crippen LogP contribution in [0, 0.1) is 0 Å². The molecular weight excluding hydrogens is 328 g/mol. The Morgan fingerprint density at radius 2 is 2.00 bits per heavy atom. The summed E-state index contributed by atoms with van der Waals surface area (Å²) in [6.07, 6.45) is 2.46. The first-order chi connectivity index (χ1) is 12.7. The molecule has 0 atom stereocenters. The van der Waals surface area contributed by atoms with Crippen LogP contribution in [0.15, 0.2) is 48.5 Å². The van der Waals surface area contributed by atoms with Crippen molar-refractivity contribution in [1.29, 1.82) is 0 Å². The molecule has 3 rings (SSSR count). The summed E-state index contributed by atoms with van der Waals surface area (Å²) in [4.78, 5) is 25.9. The molecule has 1 saturated heterocycles. The van der Waals surface area contributed by atoms with E-state index in [1.54, 1.807) is 12.1 Å². The van der Waals surface area contributed by atoms with Crippen LogP contribution in [0.2, 0.25) is 0 Å². The Hall–Kier alpha value is -2.82. The van der Waals surface area contributed by atoms with Gasteiger partial charge >= 0.3 is 0 Å². The molecule has 2 amide bonds. The van der Waals surface area contributed by atoms with Crippen molar-refractivity contribution in [3.05, 3.63) is 59.7 Å². The number of nitrogens with zero attached hydrogens (tertiary/aromatic N) is 1. The summed E-state index contributed by atoms with van der Waals surface area (Å²) in [5.74, 6) is 0.751. The minimum absolute atomic E-state index is 0.134. The molecule has 2 aromatic carbocycles. The molecule has 1 aliphatic rings. The molecule has 136 valence electrons. The van der Waals surface area contributed by atoms with Crippen LogP contribution in [0.3, 0.4) is 0 Å². The van der Waals surface area contributed by atoms with Gasteiger partial charge in [-0.05, 0) is 48.7 Å². The van der Waals surface area contributed by atoms with Gasteiger partial charge in [0.05, 0.1) is 6.61 Å². The number of anilines is 1. The van der Waals surface area contributed by atoms with Crippen LogP contribution in [-0.2, 0) is 11.3 Å². The Labute approximate surface area is 154 Å². The van der Waals surface area contributed by atoms with Gasteiger partial charge in [-0.1, -0.05) is 25.1 Å². The standard InChI is InChI=1S/C21H24N2O3/c1-2-13-26-19-6-3-5-17(14-19)21(25)22-15-16-8-10-18(11-9-16)23-12-4-7-20(23)24/h3,5-6,8-11,14H,2,4,7,12-13,15H2,1H3,(H,22,25). The van der Waals surface area contributed by atoms with Gasteiger partial charge in [-0.3, -0.25) is 9.59 Å². The fourth-order valence-corrected chi connectivity index (χ4v) is 2.95. The van der Waals surface area contributed by atoms with Gasteiger partial charge < -0.3 is 15.0 Å². The summed E-state index contributed by atoms with van der Waals surface area (Å²) in [7, 11) is 0. The van der Waals surface area contributed by atoms with Crippen LogP contribution in [-0.4, -0.2) is 25.0 Å². The highest BCUT2D eigenvalue weighted by molar-refractivity contribution is 5.95. The zero-order valence-electron chi connectivity index (χ0n) is 15.0. The van der Waals surface area contributed by atoms with Crippen molar-refractivity contribution >= 4 is 17.5 Å². The molecule has 26 heavy (non-hydrogen) atoms. The lowest BCUT2D eigenvalue weighted by molar-refractivity contribution is -0.117. The fraction of sp³-hybridized carbons (Fsp3) is 0.333. The van der Waals surface area contributed by atoms with E-state index in [1.807, 2.05) is 48.2 Å². The number of carbonyl (C=O) groups excluding carboxylic acids is 2. The number of benzene rings is 2. The smallest absolute Gasteiger partial charge is 0.251 e. The Balaban J connectivity index is 1.56. The third-order valence-corrected chi connectivity index (χ3v) is 4.34. The van der Waals surface area contributed by atoms with E-state index >= 15 is 0 Å². The van der Waals surface area contributed by atoms with Crippen molar-refractivity contribution in [2.45, 2.75) is 32.7 Å². The summed E-state index contributed by atoms with van der Waals surface area (Å²) in [6.45, 7) is 3.90. The first-order valence-electron chi connectivity index (χ1n) is 9.07. The molecular formula is C21H24N2O3. The van der Waals surface area contributed by atoms with E-state index in [4.69, 9.17) is 4.74 Å². The molecule has 0 spiro atoms. The highest BCUT2D eigenvalue weighted by atomic mass is 16.5. The second-order valence-electron chi connectivity index (χ2n) is 6.37. The minimum Gasteiger partial charge on any atom is -0.494 e. The Morgan fingerprint density at radius 3 is 2.69 bits per heavy atom. The van der Waals surface area contributed by atoms with Gasteiger partial charge in [-0.25, -0.2) is 0 Å². The SMILES string of the molecule is CCCOc1cccc(C(=O)NCc2ccc(N3CCCC3=O)cc2)c1. The highest BCUT2D eigenvalue weighted by Gasteiger charge is 2.21. The predicted molar refractivity (Wildman–Crippen MR) is 101 cm³/mol. The van der Waals surface area contributed by atoms with Crippen LogP contribution in [0.4, 0.5) is 5.69 Å². The normalized spacial score (nSPS) is 13.7. The summed E-state index contributed by atoms with van der Waals surface area (Å²) < 4.78 is 5.57. The van der Waals surface area contributed by atoms with Crippen LogP contribution >= 0.6 is 0 Å². The van der Waals surface area contributed by atoms with E-state index in [2.05, 4.69) is 5.32 Å². The van der Waals surface area contributed by atoms with E-state index in [9.17, 15) is 9.59 Å². The molecule has 5 heteroatoms. The Morgan fingerprint density at radius 1 is 1.19 bits per heavy atom. The summed E-state index contributed by atoms with van der Waals surface area (Å²) >= 11 is 0. The molecule has 0 bridgehead atoms. The second kappa shape index (κ2) is 8.52. The summed E-state index contributed by atoms with van der Waals surface area (Å²) in [5, 5.41) is 2.92. The lowest BCUT2D eigenvalue weighted by atomic mass is 10.1. The first kappa shape index (κ1) is 18.0.